The van der Waals surface area contributed by atoms with Gasteiger partial charge in [-0.15, -0.1) is 0 Å². The Bertz CT molecular complexity index is 1620. The Morgan fingerprint density at radius 3 is 2.25 bits per heavy atom. The number of rotatable bonds is 7. The Balaban J connectivity index is 1.87. The van der Waals surface area contributed by atoms with Crippen molar-refractivity contribution in [1.29, 1.82) is 0 Å². The molecule has 36 heavy (non-hydrogen) atoms. The summed E-state index contributed by atoms with van der Waals surface area (Å²) in [6.07, 6.45) is 3.53. The molecule has 0 saturated carbocycles. The second-order valence-corrected chi connectivity index (χ2v) is 8.45. The van der Waals surface area contributed by atoms with Crippen molar-refractivity contribution < 1.29 is 18.9 Å². The molecule has 1 aromatic heterocycles. The molecule has 0 spiro atoms. The van der Waals surface area contributed by atoms with Crippen LogP contribution in [0.3, 0.4) is 0 Å². The Labute approximate surface area is 210 Å². The van der Waals surface area contributed by atoms with E-state index >= 15 is 0 Å². The van der Waals surface area contributed by atoms with E-state index < -0.39 is 0 Å². The molecule has 0 aliphatic heterocycles. The van der Waals surface area contributed by atoms with Crippen LogP contribution in [0.1, 0.15) is 11.1 Å². The summed E-state index contributed by atoms with van der Waals surface area (Å²) in [6.45, 7) is 6.25. The van der Waals surface area contributed by atoms with Crippen LogP contribution in [-0.2, 0) is 0 Å². The first-order valence-electron chi connectivity index (χ1n) is 11.5. The first-order valence-corrected chi connectivity index (χ1v) is 11.5. The van der Waals surface area contributed by atoms with Crippen LogP contribution in [0.2, 0.25) is 0 Å². The molecule has 0 fully saturated rings. The molecule has 6 nitrogen and oxygen atoms in total. The van der Waals surface area contributed by atoms with Crippen LogP contribution in [0.25, 0.3) is 50.1 Å². The quantitative estimate of drug-likeness (QED) is 0.271. The Morgan fingerprint density at radius 1 is 0.806 bits per heavy atom. The van der Waals surface area contributed by atoms with Gasteiger partial charge in [0.05, 0.1) is 45.8 Å². The summed E-state index contributed by atoms with van der Waals surface area (Å²) in [5, 5.41) is 2.14. The fourth-order valence-corrected chi connectivity index (χ4v) is 4.91. The largest absolute Gasteiger partial charge is 0.493 e. The van der Waals surface area contributed by atoms with Crippen LogP contribution < -0.4 is 18.9 Å². The molecule has 0 amide bonds. The number of H-pyrrole nitrogens is 1. The molecule has 182 valence electrons. The van der Waals surface area contributed by atoms with Gasteiger partial charge in [0.25, 0.3) is 0 Å². The second kappa shape index (κ2) is 9.30. The monoisotopic (exact) mass is 480 g/mol. The Kier molecular flexibility index (Phi) is 6.02. The third-order valence-corrected chi connectivity index (χ3v) is 6.71. The van der Waals surface area contributed by atoms with E-state index in [0.717, 1.165) is 55.2 Å². The summed E-state index contributed by atoms with van der Waals surface area (Å²) in [5.74, 6) is 2.66. The lowest BCUT2D eigenvalue weighted by Crippen LogP contribution is -2.00. The van der Waals surface area contributed by atoms with Crippen LogP contribution in [-0.4, -0.2) is 38.4 Å². The topological polar surface area (TPSA) is 65.6 Å². The van der Waals surface area contributed by atoms with E-state index in [1.54, 1.807) is 34.8 Å². The number of hydrogen-bond donors (Lipinski definition) is 1. The molecular formula is C30H28N2O4. The van der Waals surface area contributed by atoms with Gasteiger partial charge in [-0.3, -0.25) is 0 Å². The van der Waals surface area contributed by atoms with Crippen molar-refractivity contribution in [3.8, 4) is 45.3 Å². The van der Waals surface area contributed by atoms with E-state index in [-0.39, 0.29) is 0 Å². The summed E-state index contributed by atoms with van der Waals surface area (Å²) in [5.41, 5.74) is 7.90. The van der Waals surface area contributed by atoms with E-state index in [9.17, 15) is 0 Å². The Morgan fingerprint density at radius 2 is 1.56 bits per heavy atom. The van der Waals surface area contributed by atoms with Crippen LogP contribution in [0.4, 0.5) is 0 Å². The van der Waals surface area contributed by atoms with Gasteiger partial charge in [-0.1, -0.05) is 30.9 Å². The van der Waals surface area contributed by atoms with Gasteiger partial charge in [-0.25, -0.2) is 4.98 Å². The standard InChI is InChI=1S/C30H28N2O4/c1-7-20-29(21-10-8-19-13-26(33-3)27(34-4)14-22(19)17(21)2)23(15-28(35-5)30(20)36-6)18-9-11-24-25(12-18)32-16-31-24/h7-16H,1H2,2-6H3,(H,31,32). The molecule has 1 N–H and O–H groups in total. The highest BCUT2D eigenvalue weighted by Gasteiger charge is 2.22. The smallest absolute Gasteiger partial charge is 0.168 e. The second-order valence-electron chi connectivity index (χ2n) is 8.45. The highest BCUT2D eigenvalue weighted by molar-refractivity contribution is 6.01. The van der Waals surface area contributed by atoms with Crippen molar-refractivity contribution in [1.82, 2.24) is 9.97 Å². The highest BCUT2D eigenvalue weighted by atomic mass is 16.5. The third-order valence-electron chi connectivity index (χ3n) is 6.71. The number of aromatic nitrogens is 2. The van der Waals surface area contributed by atoms with Gasteiger partial charge in [0.2, 0.25) is 0 Å². The number of aryl methyl sites for hydroxylation is 1. The molecule has 0 radical (unpaired) electrons. The molecule has 0 aliphatic carbocycles. The number of imidazole rings is 1. The molecule has 0 saturated heterocycles. The lowest BCUT2D eigenvalue weighted by atomic mass is 9.85. The van der Waals surface area contributed by atoms with Gasteiger partial charge in [0.1, 0.15) is 0 Å². The lowest BCUT2D eigenvalue weighted by molar-refractivity contribution is 0.354. The van der Waals surface area contributed by atoms with Gasteiger partial charge in [-0.2, -0.15) is 0 Å². The van der Waals surface area contributed by atoms with Crippen molar-refractivity contribution in [2.75, 3.05) is 28.4 Å². The summed E-state index contributed by atoms with van der Waals surface area (Å²) in [6, 6.07) is 16.5. The predicted octanol–water partition coefficient (Wildman–Crippen LogP) is 7.04. The van der Waals surface area contributed by atoms with Crippen molar-refractivity contribution >= 4 is 27.9 Å². The van der Waals surface area contributed by atoms with Crippen LogP contribution in [0.5, 0.6) is 23.0 Å². The van der Waals surface area contributed by atoms with Crippen LogP contribution in [0, 0.1) is 6.92 Å². The third kappa shape index (κ3) is 3.62. The summed E-state index contributed by atoms with van der Waals surface area (Å²) >= 11 is 0. The van der Waals surface area contributed by atoms with Gasteiger partial charge >= 0.3 is 0 Å². The average Bonchev–Trinajstić information content (AvgIpc) is 3.39. The lowest BCUT2D eigenvalue weighted by Gasteiger charge is -2.22. The molecule has 5 aromatic rings. The molecular weight excluding hydrogens is 452 g/mol. The fraction of sp³-hybridized carbons (Fsp3) is 0.167. The molecule has 0 bridgehead atoms. The predicted molar refractivity (Wildman–Crippen MR) is 146 cm³/mol. The zero-order valence-corrected chi connectivity index (χ0v) is 21.1. The minimum absolute atomic E-state index is 0.637. The molecule has 4 aromatic carbocycles. The van der Waals surface area contributed by atoms with Gasteiger partial charge in [0.15, 0.2) is 23.0 Å². The average molecular weight is 481 g/mol. The van der Waals surface area contributed by atoms with Crippen LogP contribution in [0.15, 0.2) is 61.4 Å². The normalized spacial score (nSPS) is 11.0. The molecule has 5 rings (SSSR count). The van der Waals surface area contributed by atoms with Gasteiger partial charge < -0.3 is 23.9 Å². The number of benzene rings is 4. The zero-order valence-electron chi connectivity index (χ0n) is 21.1. The Hall–Kier alpha value is -4.45. The van der Waals surface area contributed by atoms with E-state index in [1.165, 1.54) is 0 Å². The fourth-order valence-electron chi connectivity index (χ4n) is 4.91. The van der Waals surface area contributed by atoms with Gasteiger partial charge in [0, 0.05) is 11.1 Å². The van der Waals surface area contributed by atoms with Crippen molar-refractivity contribution in [2.24, 2.45) is 0 Å². The van der Waals surface area contributed by atoms with Crippen molar-refractivity contribution in [2.45, 2.75) is 6.92 Å². The molecule has 0 unspecified atom stereocenters. The number of fused-ring (bicyclic) bond motifs is 2. The van der Waals surface area contributed by atoms with Gasteiger partial charge in [-0.05, 0) is 70.3 Å². The first kappa shape index (κ1) is 23.3. The summed E-state index contributed by atoms with van der Waals surface area (Å²) in [7, 11) is 6.59. The summed E-state index contributed by atoms with van der Waals surface area (Å²) in [4.78, 5) is 7.63. The number of hydrogen-bond acceptors (Lipinski definition) is 5. The molecule has 0 aliphatic rings. The van der Waals surface area contributed by atoms with E-state index in [2.05, 4.69) is 47.7 Å². The van der Waals surface area contributed by atoms with Crippen molar-refractivity contribution in [3.63, 3.8) is 0 Å². The van der Waals surface area contributed by atoms with Crippen molar-refractivity contribution in [3.05, 3.63) is 72.6 Å². The van der Waals surface area contributed by atoms with E-state index in [4.69, 9.17) is 18.9 Å². The first-order chi connectivity index (χ1) is 17.5. The maximum absolute atomic E-state index is 5.81. The number of nitrogens with one attached hydrogen (secondary N) is 1. The SMILES string of the molecule is C=Cc1c(OC)c(OC)cc(-c2ccc3[nH]cnc3c2)c1-c1ccc2cc(OC)c(OC)cc2c1C. The maximum atomic E-state index is 5.81. The molecule has 1 heterocycles. The number of methoxy groups -OCH3 is 4. The summed E-state index contributed by atoms with van der Waals surface area (Å²) < 4.78 is 22.7. The van der Waals surface area contributed by atoms with Crippen LogP contribution >= 0.6 is 0 Å². The van der Waals surface area contributed by atoms with E-state index in [0.29, 0.717) is 23.0 Å². The minimum Gasteiger partial charge on any atom is -0.493 e. The van der Waals surface area contributed by atoms with E-state index in [1.807, 2.05) is 30.3 Å². The number of ether oxygens (including phenoxy) is 4. The number of aromatic amines is 1. The highest BCUT2D eigenvalue weighted by Crippen LogP contribution is 2.48. The number of nitrogens with zero attached hydrogens (tertiary/aromatic N) is 1. The zero-order chi connectivity index (χ0) is 25.4. The minimum atomic E-state index is 0.637. The maximum Gasteiger partial charge on any atom is 0.168 e. The molecule has 6 heteroatoms. The molecule has 0 atom stereocenters.